The number of aliphatic hydroxyl groups excluding tert-OH is 2. The Morgan fingerprint density at radius 1 is 0.442 bits per heavy atom. The largest absolute Gasteiger partial charge is 0.394 e. The third-order valence-electron chi connectivity index (χ3n) is 10.6. The number of nitrogens with one attached hydrogen (secondary N) is 1. The van der Waals surface area contributed by atoms with Crippen LogP contribution in [0.3, 0.4) is 0 Å². The van der Waals surface area contributed by atoms with Crippen molar-refractivity contribution in [2.45, 2.75) is 257 Å². The van der Waals surface area contributed by atoms with Crippen LogP contribution in [0.5, 0.6) is 0 Å². The van der Waals surface area contributed by atoms with Gasteiger partial charge in [-0.1, -0.05) is 217 Å². The molecule has 0 rings (SSSR count). The van der Waals surface area contributed by atoms with Gasteiger partial charge in [-0.15, -0.1) is 0 Å². The van der Waals surface area contributed by atoms with Gasteiger partial charge in [-0.05, 0) is 57.8 Å². The van der Waals surface area contributed by atoms with Crippen LogP contribution in [0.2, 0.25) is 0 Å². The predicted molar refractivity (Wildman–Crippen MR) is 230 cm³/mol. The number of hydrogen-bond acceptors (Lipinski definition) is 3. The lowest BCUT2D eigenvalue weighted by molar-refractivity contribution is -0.123. The minimum Gasteiger partial charge on any atom is -0.394 e. The number of hydrogen-bond donors (Lipinski definition) is 3. The first kappa shape index (κ1) is 50.6. The van der Waals surface area contributed by atoms with Gasteiger partial charge in [-0.3, -0.25) is 4.79 Å². The lowest BCUT2D eigenvalue weighted by Gasteiger charge is -2.19. The van der Waals surface area contributed by atoms with E-state index in [1.54, 1.807) is 6.08 Å². The van der Waals surface area contributed by atoms with Crippen LogP contribution in [0.25, 0.3) is 0 Å². The molecule has 0 heterocycles. The Bertz CT molecular complexity index is 790. The van der Waals surface area contributed by atoms with Gasteiger partial charge in [0.25, 0.3) is 0 Å². The van der Waals surface area contributed by atoms with Crippen molar-refractivity contribution < 1.29 is 15.0 Å². The maximum absolute atomic E-state index is 12.4. The highest BCUT2D eigenvalue weighted by Crippen LogP contribution is 2.15. The van der Waals surface area contributed by atoms with Crippen molar-refractivity contribution in [3.8, 4) is 0 Å². The zero-order valence-corrected chi connectivity index (χ0v) is 35.1. The molecule has 0 fully saturated rings. The molecule has 1 amide bonds. The molecule has 0 saturated heterocycles. The van der Waals surface area contributed by atoms with E-state index in [4.69, 9.17) is 0 Å². The van der Waals surface area contributed by atoms with Crippen molar-refractivity contribution in [1.29, 1.82) is 0 Å². The van der Waals surface area contributed by atoms with E-state index in [2.05, 4.69) is 43.5 Å². The molecule has 0 radical (unpaired) electrons. The summed E-state index contributed by atoms with van der Waals surface area (Å²) in [6.45, 7) is 4.30. The fraction of sp³-hybridized carbons (Fsp3) is 0.854. The van der Waals surface area contributed by atoms with Crippen molar-refractivity contribution in [3.63, 3.8) is 0 Å². The van der Waals surface area contributed by atoms with Gasteiger partial charge in [-0.25, -0.2) is 0 Å². The zero-order chi connectivity index (χ0) is 37.8. The molecule has 0 aromatic carbocycles. The number of rotatable bonds is 42. The van der Waals surface area contributed by atoms with E-state index in [1.165, 1.54) is 193 Å². The summed E-state index contributed by atoms with van der Waals surface area (Å²) in [5, 5.41) is 23.0. The smallest absolute Gasteiger partial charge is 0.220 e. The van der Waals surface area contributed by atoms with Crippen LogP contribution in [0, 0.1) is 0 Å². The van der Waals surface area contributed by atoms with Gasteiger partial charge in [0, 0.05) is 6.42 Å². The third-order valence-corrected chi connectivity index (χ3v) is 10.6. The second kappa shape index (κ2) is 44.0. The summed E-state index contributed by atoms with van der Waals surface area (Å²) in [6, 6.07) is -0.637. The molecule has 0 bridgehead atoms. The molecule has 0 aliphatic heterocycles. The summed E-state index contributed by atoms with van der Waals surface area (Å²) >= 11 is 0. The monoisotopic (exact) mass is 730 g/mol. The molecule has 52 heavy (non-hydrogen) atoms. The van der Waals surface area contributed by atoms with E-state index >= 15 is 0 Å². The van der Waals surface area contributed by atoms with Crippen molar-refractivity contribution in [1.82, 2.24) is 5.32 Å². The first-order valence-electron chi connectivity index (χ1n) is 23.2. The van der Waals surface area contributed by atoms with Crippen LogP contribution in [-0.2, 0) is 4.79 Å². The number of carbonyl (C=O) groups excluding carboxylic acids is 1. The summed E-state index contributed by atoms with van der Waals surface area (Å²) in [7, 11) is 0. The lowest BCUT2D eigenvalue weighted by atomic mass is 10.0. The average molecular weight is 730 g/mol. The minimum atomic E-state index is -0.860. The second-order valence-corrected chi connectivity index (χ2v) is 15.8. The third kappa shape index (κ3) is 39.8. The SMILES string of the molecule is CCCCCCCCCC/C=C\CCCCCCCCCCCCCCCC(=O)NC(CO)C(O)/C=C/CC/C=C/CCCCCCCCCCC. The van der Waals surface area contributed by atoms with Crippen molar-refractivity contribution in [3.05, 3.63) is 36.5 Å². The minimum absolute atomic E-state index is 0.0727. The van der Waals surface area contributed by atoms with E-state index in [0.717, 1.165) is 32.1 Å². The Morgan fingerprint density at radius 3 is 1.12 bits per heavy atom. The molecule has 0 saturated carbocycles. The molecule has 0 aromatic rings. The normalized spacial score (nSPS) is 13.2. The molecule has 4 nitrogen and oxygen atoms in total. The summed E-state index contributed by atoms with van der Waals surface area (Å²) in [5.41, 5.74) is 0. The van der Waals surface area contributed by atoms with Crippen LogP contribution in [0.15, 0.2) is 36.5 Å². The van der Waals surface area contributed by atoms with E-state index in [9.17, 15) is 15.0 Å². The Balaban J connectivity index is 3.54. The van der Waals surface area contributed by atoms with Crippen LogP contribution in [-0.4, -0.2) is 34.9 Å². The lowest BCUT2D eigenvalue weighted by Crippen LogP contribution is -2.45. The fourth-order valence-electron chi connectivity index (χ4n) is 7.01. The Kier molecular flexibility index (Phi) is 42.8. The number of carbonyl (C=O) groups is 1. The molecule has 0 aromatic heterocycles. The first-order chi connectivity index (χ1) is 25.7. The molecule has 3 N–H and O–H groups in total. The number of allylic oxidation sites excluding steroid dienone is 5. The van der Waals surface area contributed by atoms with Gasteiger partial charge in [0.15, 0.2) is 0 Å². The topological polar surface area (TPSA) is 69.6 Å². The molecule has 0 aliphatic carbocycles. The van der Waals surface area contributed by atoms with Crippen molar-refractivity contribution in [2.75, 3.05) is 6.61 Å². The number of aliphatic hydroxyl groups is 2. The van der Waals surface area contributed by atoms with Crippen LogP contribution < -0.4 is 5.32 Å². The van der Waals surface area contributed by atoms with Gasteiger partial charge in [-0.2, -0.15) is 0 Å². The van der Waals surface area contributed by atoms with Crippen LogP contribution in [0.1, 0.15) is 245 Å². The molecule has 0 aliphatic rings. The second-order valence-electron chi connectivity index (χ2n) is 15.8. The van der Waals surface area contributed by atoms with Crippen LogP contribution in [0.4, 0.5) is 0 Å². The Morgan fingerprint density at radius 2 is 0.750 bits per heavy atom. The van der Waals surface area contributed by atoms with Gasteiger partial charge >= 0.3 is 0 Å². The van der Waals surface area contributed by atoms with E-state index in [0.29, 0.717) is 6.42 Å². The van der Waals surface area contributed by atoms with Gasteiger partial charge < -0.3 is 15.5 Å². The predicted octanol–water partition coefficient (Wildman–Crippen LogP) is 14.6. The number of unbranched alkanes of at least 4 members (excludes halogenated alkanes) is 31. The molecule has 306 valence electrons. The van der Waals surface area contributed by atoms with Gasteiger partial charge in [0.1, 0.15) is 0 Å². The van der Waals surface area contributed by atoms with Gasteiger partial charge in [0.2, 0.25) is 5.91 Å². The van der Waals surface area contributed by atoms with Crippen LogP contribution >= 0.6 is 0 Å². The van der Waals surface area contributed by atoms with E-state index in [1.807, 2.05) is 6.08 Å². The van der Waals surface area contributed by atoms with E-state index in [-0.39, 0.29) is 12.5 Å². The highest BCUT2D eigenvalue weighted by molar-refractivity contribution is 5.76. The van der Waals surface area contributed by atoms with Gasteiger partial charge in [0.05, 0.1) is 18.8 Å². The molecule has 2 unspecified atom stereocenters. The molecule has 0 spiro atoms. The highest BCUT2D eigenvalue weighted by Gasteiger charge is 2.17. The fourth-order valence-corrected chi connectivity index (χ4v) is 7.01. The standard InChI is InChI=1S/C48H91NO3/c1-3-5-7-9-11-13-15-17-19-20-21-22-23-24-25-26-27-28-30-32-34-36-38-40-42-44-48(52)49-46(45-50)47(51)43-41-39-37-35-33-31-29-18-16-14-12-10-8-6-4-2/h20-21,33,35,41,43,46-47,50-51H,3-19,22-32,34,36-40,42,44-45H2,1-2H3,(H,49,52)/b21-20-,35-33+,43-41+. The average Bonchev–Trinajstić information content (AvgIpc) is 3.15. The Labute approximate surface area is 325 Å². The van der Waals surface area contributed by atoms with E-state index < -0.39 is 12.1 Å². The summed E-state index contributed by atoms with van der Waals surface area (Å²) < 4.78 is 0. The highest BCUT2D eigenvalue weighted by atomic mass is 16.3. The maximum Gasteiger partial charge on any atom is 0.220 e. The summed E-state index contributed by atoms with van der Waals surface area (Å²) in [5.74, 6) is -0.0727. The summed E-state index contributed by atoms with van der Waals surface area (Å²) in [6.07, 6.45) is 58.4. The van der Waals surface area contributed by atoms with Crippen molar-refractivity contribution in [2.24, 2.45) is 0 Å². The Hall–Kier alpha value is -1.39. The number of amides is 1. The molecule has 2 atom stereocenters. The van der Waals surface area contributed by atoms with Crippen molar-refractivity contribution >= 4 is 5.91 Å². The summed E-state index contributed by atoms with van der Waals surface area (Å²) in [4.78, 5) is 12.4. The molecule has 4 heteroatoms. The quantitative estimate of drug-likeness (QED) is 0.0433. The maximum atomic E-state index is 12.4. The first-order valence-corrected chi connectivity index (χ1v) is 23.2. The molecular weight excluding hydrogens is 639 g/mol. The zero-order valence-electron chi connectivity index (χ0n) is 35.1. The molecular formula is C48H91NO3.